The van der Waals surface area contributed by atoms with E-state index in [0.29, 0.717) is 25.7 Å². The smallest absolute Gasteiger partial charge is 0.303 e. The van der Waals surface area contributed by atoms with Gasteiger partial charge in [-0.1, -0.05) is 43.4 Å². The quantitative estimate of drug-likeness (QED) is 0.393. The molecule has 5 heteroatoms. The summed E-state index contributed by atoms with van der Waals surface area (Å²) in [4.78, 5) is 22.5. The third kappa shape index (κ3) is 8.27. The van der Waals surface area contributed by atoms with Crippen LogP contribution in [0.2, 0.25) is 0 Å². The lowest BCUT2D eigenvalue weighted by atomic mass is 9.90. The van der Waals surface area contributed by atoms with Gasteiger partial charge in [-0.25, -0.2) is 0 Å². The number of allylic oxidation sites excluding steroid dienone is 3. The van der Waals surface area contributed by atoms with Crippen LogP contribution in [0.15, 0.2) is 36.5 Å². The van der Waals surface area contributed by atoms with E-state index in [4.69, 9.17) is 5.11 Å². The van der Waals surface area contributed by atoms with Crippen molar-refractivity contribution in [1.29, 1.82) is 0 Å². The van der Waals surface area contributed by atoms with E-state index < -0.39 is 18.2 Å². The summed E-state index contributed by atoms with van der Waals surface area (Å²) in [5.41, 5.74) is 0. The number of hydrogen-bond donors (Lipinski definition) is 3. The Morgan fingerprint density at radius 2 is 2.04 bits per heavy atom. The van der Waals surface area contributed by atoms with Crippen LogP contribution in [-0.4, -0.2) is 39.3 Å². The Morgan fingerprint density at radius 3 is 2.72 bits per heavy atom. The highest BCUT2D eigenvalue weighted by Gasteiger charge is 2.39. The Morgan fingerprint density at radius 1 is 1.28 bits per heavy atom. The molecule has 0 bridgehead atoms. The fourth-order valence-corrected chi connectivity index (χ4v) is 3.00. The number of carboxylic acids is 1. The molecular weight excluding hydrogens is 320 g/mol. The molecule has 140 valence electrons. The molecule has 0 heterocycles. The number of carbonyl (C=O) groups excluding carboxylic acids is 1. The number of aliphatic hydroxyl groups excluding tert-OH is 2. The Bertz CT molecular complexity index is 506. The van der Waals surface area contributed by atoms with E-state index in [-0.39, 0.29) is 30.5 Å². The van der Waals surface area contributed by atoms with Gasteiger partial charge in [0.05, 0.1) is 12.2 Å². The van der Waals surface area contributed by atoms with Crippen molar-refractivity contribution in [1.82, 2.24) is 0 Å². The Kier molecular flexibility index (Phi) is 10.0. The van der Waals surface area contributed by atoms with Gasteiger partial charge in [0.15, 0.2) is 0 Å². The minimum atomic E-state index is -0.806. The SMILES string of the molecule is CC/C=C/C[C@H](O)/C=C/[C@H]1[C@H](O)CC(=O)[C@@H]1C/C=C/CCCC(=O)O. The normalized spacial score (nSPS) is 25.6. The molecule has 1 rings (SSSR count). The van der Waals surface area contributed by atoms with Crippen LogP contribution in [0.3, 0.4) is 0 Å². The first-order chi connectivity index (χ1) is 12.0. The van der Waals surface area contributed by atoms with E-state index in [2.05, 4.69) is 0 Å². The first-order valence-corrected chi connectivity index (χ1v) is 9.04. The van der Waals surface area contributed by atoms with Gasteiger partial charge in [0.25, 0.3) is 0 Å². The molecule has 0 radical (unpaired) electrons. The number of aliphatic hydroxyl groups is 2. The summed E-state index contributed by atoms with van der Waals surface area (Å²) in [6.45, 7) is 2.03. The zero-order chi connectivity index (χ0) is 18.7. The van der Waals surface area contributed by atoms with Crippen LogP contribution >= 0.6 is 0 Å². The maximum absolute atomic E-state index is 12.1. The van der Waals surface area contributed by atoms with Gasteiger partial charge < -0.3 is 15.3 Å². The lowest BCUT2D eigenvalue weighted by Crippen LogP contribution is -2.18. The number of ketones is 1. The van der Waals surface area contributed by atoms with Crippen LogP contribution in [0.1, 0.15) is 51.9 Å². The lowest BCUT2D eigenvalue weighted by Gasteiger charge is -2.16. The zero-order valence-corrected chi connectivity index (χ0v) is 14.9. The highest BCUT2D eigenvalue weighted by Crippen LogP contribution is 2.33. The summed E-state index contributed by atoms with van der Waals surface area (Å²) in [5, 5.41) is 28.6. The molecule has 25 heavy (non-hydrogen) atoms. The number of aliphatic carboxylic acids is 1. The molecule has 0 aromatic carbocycles. The molecule has 0 spiro atoms. The van der Waals surface area contributed by atoms with Crippen LogP contribution in [0.25, 0.3) is 0 Å². The molecule has 3 N–H and O–H groups in total. The van der Waals surface area contributed by atoms with E-state index in [9.17, 15) is 19.8 Å². The molecule has 1 aliphatic carbocycles. The second-order valence-corrected chi connectivity index (χ2v) is 6.48. The topological polar surface area (TPSA) is 94.8 Å². The number of unbranched alkanes of at least 4 members (excludes halogenated alkanes) is 1. The summed E-state index contributed by atoms with van der Waals surface area (Å²) >= 11 is 0. The second kappa shape index (κ2) is 11.8. The Balaban J connectivity index is 2.52. The third-order valence-electron chi connectivity index (χ3n) is 4.39. The summed E-state index contributed by atoms with van der Waals surface area (Å²) in [5.74, 6) is -1.32. The summed E-state index contributed by atoms with van der Waals surface area (Å²) < 4.78 is 0. The molecule has 5 nitrogen and oxygen atoms in total. The van der Waals surface area contributed by atoms with Crippen LogP contribution in [0.4, 0.5) is 0 Å². The van der Waals surface area contributed by atoms with Crippen molar-refractivity contribution in [2.75, 3.05) is 0 Å². The van der Waals surface area contributed by atoms with Crippen molar-refractivity contribution < 1.29 is 24.9 Å². The average Bonchev–Trinajstić information content (AvgIpc) is 2.82. The van der Waals surface area contributed by atoms with Crippen LogP contribution in [0.5, 0.6) is 0 Å². The van der Waals surface area contributed by atoms with E-state index in [1.807, 2.05) is 31.2 Å². The third-order valence-corrected chi connectivity index (χ3v) is 4.39. The molecule has 0 amide bonds. The molecule has 4 atom stereocenters. The largest absolute Gasteiger partial charge is 0.481 e. The van der Waals surface area contributed by atoms with Gasteiger partial charge in [-0.2, -0.15) is 0 Å². The first-order valence-electron chi connectivity index (χ1n) is 9.04. The Hall–Kier alpha value is -1.72. The van der Waals surface area contributed by atoms with Gasteiger partial charge >= 0.3 is 5.97 Å². The fraction of sp³-hybridized carbons (Fsp3) is 0.600. The molecular formula is C20H30O5. The molecule has 1 saturated carbocycles. The number of carboxylic acid groups (broad SMARTS) is 1. The highest BCUT2D eigenvalue weighted by molar-refractivity contribution is 5.84. The number of rotatable bonds is 11. The van der Waals surface area contributed by atoms with Crippen molar-refractivity contribution >= 4 is 11.8 Å². The van der Waals surface area contributed by atoms with Crippen molar-refractivity contribution in [3.63, 3.8) is 0 Å². The van der Waals surface area contributed by atoms with Crippen LogP contribution < -0.4 is 0 Å². The van der Waals surface area contributed by atoms with Gasteiger partial charge in [0, 0.05) is 24.7 Å². The van der Waals surface area contributed by atoms with Gasteiger partial charge in [0.1, 0.15) is 5.78 Å². The number of hydrogen-bond acceptors (Lipinski definition) is 4. The predicted molar refractivity (Wildman–Crippen MR) is 97.0 cm³/mol. The molecule has 0 unspecified atom stereocenters. The van der Waals surface area contributed by atoms with E-state index in [0.717, 1.165) is 6.42 Å². The molecule has 1 aliphatic rings. The fourth-order valence-electron chi connectivity index (χ4n) is 3.00. The van der Waals surface area contributed by atoms with Gasteiger partial charge in [-0.05, 0) is 32.1 Å². The lowest BCUT2D eigenvalue weighted by molar-refractivity contribution is -0.137. The highest BCUT2D eigenvalue weighted by atomic mass is 16.4. The van der Waals surface area contributed by atoms with Gasteiger partial charge in [-0.3, -0.25) is 9.59 Å². The summed E-state index contributed by atoms with van der Waals surface area (Å²) in [7, 11) is 0. The number of Topliss-reactive ketones (excluding diaryl/α,β-unsaturated/α-hetero) is 1. The standard InChI is InChI=1S/C20H30O5/c1-2-3-6-9-15(21)12-13-17-16(18(22)14-19(17)23)10-7-4-5-8-11-20(24)25/h3-4,6-7,12-13,15-17,19,21,23H,2,5,8-11,14H2,1H3,(H,24,25)/b6-3+,7-4+,13-12+/t15-,16+,17+,19+/m0/s1. The van der Waals surface area contributed by atoms with Gasteiger partial charge in [0.2, 0.25) is 0 Å². The second-order valence-electron chi connectivity index (χ2n) is 6.48. The maximum Gasteiger partial charge on any atom is 0.303 e. The van der Waals surface area contributed by atoms with E-state index in [1.165, 1.54) is 0 Å². The van der Waals surface area contributed by atoms with E-state index >= 15 is 0 Å². The minimum absolute atomic E-state index is 0.0395. The van der Waals surface area contributed by atoms with Crippen molar-refractivity contribution in [2.24, 2.45) is 11.8 Å². The van der Waals surface area contributed by atoms with Crippen LogP contribution in [-0.2, 0) is 9.59 Å². The van der Waals surface area contributed by atoms with Crippen molar-refractivity contribution in [2.45, 2.75) is 64.1 Å². The Labute approximate surface area is 149 Å². The van der Waals surface area contributed by atoms with Crippen molar-refractivity contribution in [3.8, 4) is 0 Å². The van der Waals surface area contributed by atoms with Crippen molar-refractivity contribution in [3.05, 3.63) is 36.5 Å². The number of carbonyl (C=O) groups is 2. The van der Waals surface area contributed by atoms with Gasteiger partial charge in [-0.15, -0.1) is 0 Å². The maximum atomic E-state index is 12.1. The first kappa shape index (κ1) is 21.3. The summed E-state index contributed by atoms with van der Waals surface area (Å²) in [6, 6.07) is 0. The monoisotopic (exact) mass is 350 g/mol. The molecule has 0 aromatic rings. The summed E-state index contributed by atoms with van der Waals surface area (Å²) in [6.07, 6.45) is 13.3. The molecule has 0 saturated heterocycles. The molecule has 0 aromatic heterocycles. The van der Waals surface area contributed by atoms with E-state index in [1.54, 1.807) is 12.2 Å². The minimum Gasteiger partial charge on any atom is -0.481 e. The molecule has 0 aliphatic heterocycles. The zero-order valence-electron chi connectivity index (χ0n) is 14.9. The molecule has 1 fully saturated rings. The van der Waals surface area contributed by atoms with Crippen LogP contribution in [0, 0.1) is 11.8 Å². The average molecular weight is 350 g/mol. The predicted octanol–water partition coefficient (Wildman–Crippen LogP) is 3.03.